The summed E-state index contributed by atoms with van der Waals surface area (Å²) in [5, 5.41) is 2.25. The second kappa shape index (κ2) is 11.5. The van der Waals surface area contributed by atoms with Crippen molar-refractivity contribution >= 4 is 29.2 Å². The van der Waals surface area contributed by atoms with Crippen LogP contribution in [0.2, 0.25) is 0 Å². The van der Waals surface area contributed by atoms with E-state index in [0.717, 1.165) is 37.4 Å². The van der Waals surface area contributed by atoms with Gasteiger partial charge in [-0.1, -0.05) is 31.6 Å². The molecule has 1 aliphatic carbocycles. The van der Waals surface area contributed by atoms with Crippen molar-refractivity contribution in [3.05, 3.63) is 75.9 Å². The molecule has 2 fully saturated rings. The van der Waals surface area contributed by atoms with E-state index in [9.17, 15) is 23.6 Å². The number of carbonyl (C=O) groups is 4. The monoisotopic (exact) mass is 618 g/mol. The Morgan fingerprint density at radius 1 is 1.00 bits per heavy atom. The van der Waals surface area contributed by atoms with E-state index in [1.54, 1.807) is 11.0 Å². The largest absolute Gasteiger partial charge is 0.336 e. The van der Waals surface area contributed by atoms with E-state index >= 15 is 4.39 Å². The Labute approximate surface area is 262 Å². The van der Waals surface area contributed by atoms with Crippen LogP contribution in [-0.2, 0) is 16.1 Å². The van der Waals surface area contributed by atoms with Gasteiger partial charge in [-0.2, -0.15) is 0 Å². The molecule has 6 rings (SSSR count). The molecule has 2 saturated heterocycles. The van der Waals surface area contributed by atoms with Crippen molar-refractivity contribution in [1.82, 2.24) is 20.0 Å². The molecule has 1 unspecified atom stereocenters. The molecular weight excluding hydrogens is 578 g/mol. The van der Waals surface area contributed by atoms with Crippen LogP contribution in [0.25, 0.3) is 5.57 Å². The van der Waals surface area contributed by atoms with Gasteiger partial charge in [-0.15, -0.1) is 0 Å². The van der Waals surface area contributed by atoms with Gasteiger partial charge in [-0.25, -0.2) is 8.78 Å². The Bertz CT molecular complexity index is 1610. The Morgan fingerprint density at radius 2 is 1.73 bits per heavy atom. The van der Waals surface area contributed by atoms with Crippen LogP contribution in [0.1, 0.15) is 91.6 Å². The summed E-state index contributed by atoms with van der Waals surface area (Å²) in [6, 6.07) is 8.58. The molecule has 0 aromatic heterocycles. The van der Waals surface area contributed by atoms with Gasteiger partial charge in [-0.3, -0.25) is 29.4 Å². The smallest absolute Gasteiger partial charge is 0.258 e. The molecule has 0 bridgehead atoms. The quantitative estimate of drug-likeness (QED) is 0.481. The van der Waals surface area contributed by atoms with Gasteiger partial charge in [0.05, 0.1) is 5.56 Å². The van der Waals surface area contributed by atoms with Crippen LogP contribution in [0.3, 0.4) is 0 Å². The molecule has 10 heteroatoms. The normalized spacial score (nSPS) is 23.3. The third kappa shape index (κ3) is 6.04. The second-order valence-corrected chi connectivity index (χ2v) is 14.3. The van der Waals surface area contributed by atoms with E-state index in [2.05, 4.69) is 37.9 Å². The van der Waals surface area contributed by atoms with Gasteiger partial charge in [-0.05, 0) is 85.9 Å². The highest BCUT2D eigenvalue weighted by atomic mass is 19.1. The summed E-state index contributed by atoms with van der Waals surface area (Å²) in [7, 11) is 0. The van der Waals surface area contributed by atoms with Crippen LogP contribution in [-0.4, -0.2) is 76.1 Å². The third-order valence-electron chi connectivity index (χ3n) is 9.94. The van der Waals surface area contributed by atoms with E-state index in [1.165, 1.54) is 28.2 Å². The van der Waals surface area contributed by atoms with E-state index < -0.39 is 29.6 Å². The first-order valence-electron chi connectivity index (χ1n) is 15.7. The molecule has 45 heavy (non-hydrogen) atoms. The Balaban J connectivity index is 1.18. The number of carbonyl (C=O) groups excluding carboxylic acids is 4. The van der Waals surface area contributed by atoms with Gasteiger partial charge in [0.2, 0.25) is 11.8 Å². The summed E-state index contributed by atoms with van der Waals surface area (Å²) in [5.74, 6) is -2.90. The minimum absolute atomic E-state index is 0.0000603. The number of rotatable bonds is 5. The SMILES string of the molecule is CC1(C)CCC(CN2CCN(C(=O)c3cc(F)c4c(c3)CN(C3CCC(=O)NC3=O)C4=O)CC2(C)C)=C(c2ccc(F)cc2)C1. The number of nitrogens with zero attached hydrogens (tertiary/aromatic N) is 3. The van der Waals surface area contributed by atoms with Crippen molar-refractivity contribution in [1.29, 1.82) is 0 Å². The fourth-order valence-electron chi connectivity index (χ4n) is 7.31. The highest BCUT2D eigenvalue weighted by molar-refractivity contribution is 6.06. The summed E-state index contributed by atoms with van der Waals surface area (Å²) in [6.45, 7) is 11.1. The van der Waals surface area contributed by atoms with E-state index in [0.29, 0.717) is 25.2 Å². The maximum Gasteiger partial charge on any atom is 0.258 e. The zero-order valence-corrected chi connectivity index (χ0v) is 26.3. The van der Waals surface area contributed by atoms with E-state index in [-0.39, 0.29) is 53.2 Å². The van der Waals surface area contributed by atoms with Crippen LogP contribution in [0.4, 0.5) is 8.78 Å². The first-order valence-corrected chi connectivity index (χ1v) is 15.7. The van der Waals surface area contributed by atoms with E-state index in [1.807, 2.05) is 12.1 Å². The molecule has 0 spiro atoms. The summed E-state index contributed by atoms with van der Waals surface area (Å²) >= 11 is 0. The van der Waals surface area contributed by atoms with Gasteiger partial charge in [0, 0.05) is 50.2 Å². The molecule has 3 aliphatic heterocycles. The Kier molecular flexibility index (Phi) is 7.92. The maximum atomic E-state index is 15.3. The number of benzene rings is 2. The molecule has 1 N–H and O–H groups in total. The standard InChI is InChI=1S/C35H40F2N4O4/c1-34(2)12-11-22(26(17-34)21-5-7-25(36)8-6-21)18-40-14-13-39(20-35(40,3)4)32(44)23-15-24-19-41(33(45)30(24)27(37)16-23)28-9-10-29(42)38-31(28)43/h5-8,15-16,28H,9-14,17-20H2,1-4H3,(H,38,42,43). The first kappa shape index (κ1) is 31.1. The van der Waals surface area contributed by atoms with Gasteiger partial charge in [0.15, 0.2) is 0 Å². The molecule has 0 saturated carbocycles. The summed E-state index contributed by atoms with van der Waals surface area (Å²) < 4.78 is 29.1. The molecule has 4 aliphatic rings. The van der Waals surface area contributed by atoms with Gasteiger partial charge in [0.25, 0.3) is 11.8 Å². The highest BCUT2D eigenvalue weighted by Gasteiger charge is 2.42. The molecule has 4 amide bonds. The minimum Gasteiger partial charge on any atom is -0.336 e. The van der Waals surface area contributed by atoms with Crippen molar-refractivity contribution in [2.75, 3.05) is 26.2 Å². The number of imide groups is 1. The van der Waals surface area contributed by atoms with E-state index in [4.69, 9.17) is 0 Å². The zero-order chi connectivity index (χ0) is 32.3. The van der Waals surface area contributed by atoms with Gasteiger partial charge >= 0.3 is 0 Å². The summed E-state index contributed by atoms with van der Waals surface area (Å²) in [4.78, 5) is 56.2. The number of hydrogen-bond acceptors (Lipinski definition) is 5. The number of allylic oxidation sites excluding steroid dienone is 1. The van der Waals surface area contributed by atoms with Crippen LogP contribution in [0, 0.1) is 17.0 Å². The average Bonchev–Trinajstić information content (AvgIpc) is 3.30. The number of fused-ring (bicyclic) bond motifs is 1. The number of piperidine rings is 1. The Morgan fingerprint density at radius 3 is 2.42 bits per heavy atom. The number of amides is 4. The number of piperazine rings is 1. The average molecular weight is 619 g/mol. The summed E-state index contributed by atoms with van der Waals surface area (Å²) in [6.07, 6.45) is 3.22. The molecule has 2 aromatic carbocycles. The van der Waals surface area contributed by atoms with Gasteiger partial charge < -0.3 is 9.80 Å². The topological polar surface area (TPSA) is 90.0 Å². The molecule has 3 heterocycles. The molecular formula is C35H40F2N4O4. The highest BCUT2D eigenvalue weighted by Crippen LogP contribution is 2.44. The molecule has 1 atom stereocenters. The van der Waals surface area contributed by atoms with Crippen molar-refractivity contribution in [3.8, 4) is 0 Å². The second-order valence-electron chi connectivity index (χ2n) is 14.3. The fraction of sp³-hybridized carbons (Fsp3) is 0.486. The third-order valence-corrected chi connectivity index (χ3v) is 9.94. The number of hydrogen-bond donors (Lipinski definition) is 1. The lowest BCUT2D eigenvalue weighted by atomic mass is 9.72. The maximum absolute atomic E-state index is 15.3. The van der Waals surface area contributed by atoms with Crippen molar-refractivity contribution < 1.29 is 28.0 Å². The molecule has 2 aromatic rings. The van der Waals surface area contributed by atoms with Crippen molar-refractivity contribution in [3.63, 3.8) is 0 Å². The molecule has 0 radical (unpaired) electrons. The van der Waals surface area contributed by atoms with Crippen LogP contribution >= 0.6 is 0 Å². The Hall–Kier alpha value is -3.92. The first-order chi connectivity index (χ1) is 21.2. The zero-order valence-electron chi connectivity index (χ0n) is 26.3. The van der Waals surface area contributed by atoms with Crippen LogP contribution < -0.4 is 5.32 Å². The number of nitrogens with one attached hydrogen (secondary N) is 1. The van der Waals surface area contributed by atoms with Gasteiger partial charge in [0.1, 0.15) is 17.7 Å². The lowest BCUT2D eigenvalue weighted by Gasteiger charge is -2.48. The molecule has 238 valence electrons. The van der Waals surface area contributed by atoms with Crippen molar-refractivity contribution in [2.24, 2.45) is 5.41 Å². The predicted octanol–water partition coefficient (Wildman–Crippen LogP) is 4.93. The number of halogens is 2. The lowest BCUT2D eigenvalue weighted by molar-refractivity contribution is -0.136. The molecule has 8 nitrogen and oxygen atoms in total. The lowest BCUT2D eigenvalue weighted by Crippen LogP contribution is -2.60. The predicted molar refractivity (Wildman–Crippen MR) is 165 cm³/mol. The van der Waals surface area contributed by atoms with Crippen LogP contribution in [0.5, 0.6) is 0 Å². The fourth-order valence-corrected chi connectivity index (χ4v) is 7.31. The van der Waals surface area contributed by atoms with Crippen LogP contribution in [0.15, 0.2) is 42.0 Å². The van der Waals surface area contributed by atoms with Crippen molar-refractivity contribution in [2.45, 2.75) is 77.9 Å². The summed E-state index contributed by atoms with van der Waals surface area (Å²) in [5.41, 5.74) is 3.88. The minimum atomic E-state index is -0.857.